The minimum absolute atomic E-state index is 0.0275. The van der Waals surface area contributed by atoms with Gasteiger partial charge in [-0.1, -0.05) is 13.0 Å². The Labute approximate surface area is 285 Å². The molecule has 3 aliphatic heterocycles. The summed E-state index contributed by atoms with van der Waals surface area (Å²) in [5.74, 6) is 0.00579. The van der Waals surface area contributed by atoms with Crippen molar-refractivity contribution in [2.45, 2.75) is 88.8 Å². The summed E-state index contributed by atoms with van der Waals surface area (Å²) in [6.45, 7) is 7.54. The third kappa shape index (κ3) is 6.08. The van der Waals surface area contributed by atoms with E-state index in [1.54, 1.807) is 19.1 Å². The molecule has 5 heterocycles. The van der Waals surface area contributed by atoms with Crippen LogP contribution in [0.25, 0.3) is 32.9 Å². The third-order valence-electron chi connectivity index (χ3n) is 11.2. The van der Waals surface area contributed by atoms with Gasteiger partial charge in [0.15, 0.2) is 5.82 Å². The van der Waals surface area contributed by atoms with E-state index in [1.165, 1.54) is 31.2 Å². The lowest BCUT2D eigenvalue weighted by atomic mass is 9.94. The summed E-state index contributed by atoms with van der Waals surface area (Å²) in [6, 6.07) is 6.35. The van der Waals surface area contributed by atoms with Crippen LogP contribution < -0.4 is 9.64 Å². The van der Waals surface area contributed by atoms with Crippen molar-refractivity contribution in [3.8, 4) is 23.0 Å². The average molecular weight is 674 g/mol. The van der Waals surface area contributed by atoms with Crippen LogP contribution in [0.1, 0.15) is 70.8 Å². The number of anilines is 1. The lowest BCUT2D eigenvalue weighted by Gasteiger charge is -2.38. The van der Waals surface area contributed by atoms with Crippen molar-refractivity contribution in [2.75, 3.05) is 44.4 Å². The lowest BCUT2D eigenvalue weighted by Crippen LogP contribution is -2.48. The van der Waals surface area contributed by atoms with Gasteiger partial charge >= 0.3 is 6.01 Å². The fraction of sp³-hybridized carbons (Fsp3) is 0.553. The zero-order valence-corrected chi connectivity index (χ0v) is 28.4. The second-order valence-electron chi connectivity index (χ2n) is 15.0. The molecular weight excluding hydrogens is 628 g/mol. The van der Waals surface area contributed by atoms with Gasteiger partial charge in [0.05, 0.1) is 23.1 Å². The molecular formula is C38H45F2N5O4. The van der Waals surface area contributed by atoms with Gasteiger partial charge < -0.3 is 24.6 Å². The molecule has 9 nitrogen and oxygen atoms in total. The number of benzene rings is 2. The van der Waals surface area contributed by atoms with Crippen molar-refractivity contribution in [1.29, 1.82) is 0 Å². The van der Waals surface area contributed by atoms with Crippen LogP contribution in [0, 0.1) is 17.6 Å². The van der Waals surface area contributed by atoms with E-state index >= 15 is 8.78 Å². The predicted octanol–water partition coefficient (Wildman–Crippen LogP) is 6.54. The second-order valence-corrected chi connectivity index (χ2v) is 15.0. The zero-order chi connectivity index (χ0) is 33.9. The Hall–Kier alpha value is -3.67. The van der Waals surface area contributed by atoms with Crippen molar-refractivity contribution in [3.63, 3.8) is 0 Å². The van der Waals surface area contributed by atoms with Crippen LogP contribution in [-0.2, 0) is 11.2 Å². The number of nitrogens with zero attached hydrogens (tertiary/aromatic N) is 5. The van der Waals surface area contributed by atoms with Crippen molar-refractivity contribution >= 4 is 27.5 Å². The molecule has 260 valence electrons. The van der Waals surface area contributed by atoms with E-state index in [9.17, 15) is 10.2 Å². The first kappa shape index (κ1) is 32.5. The maximum absolute atomic E-state index is 16.9. The molecule has 1 aliphatic carbocycles. The number of aromatic hydroxyl groups is 1. The number of hydrogen-bond donors (Lipinski definition) is 2. The van der Waals surface area contributed by atoms with Gasteiger partial charge in [0.2, 0.25) is 0 Å². The van der Waals surface area contributed by atoms with Crippen molar-refractivity contribution in [2.24, 2.45) is 5.92 Å². The molecule has 0 radical (unpaired) electrons. The van der Waals surface area contributed by atoms with Crippen LogP contribution in [0.3, 0.4) is 0 Å². The van der Waals surface area contributed by atoms with Gasteiger partial charge in [-0.3, -0.25) is 9.88 Å². The lowest BCUT2D eigenvalue weighted by molar-refractivity contribution is 0.0333. The number of halogens is 2. The Bertz CT molecular complexity index is 1900. The number of phenols is 1. The van der Waals surface area contributed by atoms with Crippen molar-refractivity contribution in [1.82, 2.24) is 19.9 Å². The second kappa shape index (κ2) is 12.6. The smallest absolute Gasteiger partial charge is 0.319 e. The van der Waals surface area contributed by atoms with Gasteiger partial charge in [0.25, 0.3) is 0 Å². The van der Waals surface area contributed by atoms with Gasteiger partial charge in [-0.05, 0) is 112 Å². The van der Waals surface area contributed by atoms with E-state index in [-0.39, 0.29) is 34.1 Å². The van der Waals surface area contributed by atoms with E-state index in [2.05, 4.69) is 14.9 Å². The molecule has 2 N–H and O–H groups in total. The molecule has 0 amide bonds. The SMILES string of the molecule is CCc1c(F)ccc2cc(O)cc(-c3ncc4c(N5CCC[C@@](C)(O)C5)nc(OC[C@@]56CCCN5[C@H](COCC5CC5)CC6)nc4c3F)c12. The van der Waals surface area contributed by atoms with Crippen LogP contribution in [0.15, 0.2) is 30.5 Å². The van der Waals surface area contributed by atoms with Gasteiger partial charge in [-0.2, -0.15) is 9.97 Å². The van der Waals surface area contributed by atoms with E-state index < -0.39 is 17.2 Å². The summed E-state index contributed by atoms with van der Waals surface area (Å²) in [5.41, 5.74) is -0.391. The minimum atomic E-state index is -0.937. The summed E-state index contributed by atoms with van der Waals surface area (Å²) in [7, 11) is 0. The number of fused-ring (bicyclic) bond motifs is 3. The number of hydrogen-bond acceptors (Lipinski definition) is 9. The van der Waals surface area contributed by atoms with Gasteiger partial charge in [-0.25, -0.2) is 8.78 Å². The summed E-state index contributed by atoms with van der Waals surface area (Å²) in [6.07, 6.45) is 9.97. The molecule has 8 rings (SSSR count). The Morgan fingerprint density at radius 3 is 2.65 bits per heavy atom. The normalized spacial score (nSPS) is 25.8. The number of rotatable bonds is 10. The number of β-amino-alcohol motifs (C(OH)–C–C–N with tert-alkyl or cyclic N) is 1. The highest BCUT2D eigenvalue weighted by Gasteiger charge is 2.50. The number of phenolic OH excluding ortho intramolecular Hbond substituents is 1. The van der Waals surface area contributed by atoms with Crippen molar-refractivity contribution in [3.05, 3.63) is 47.7 Å². The van der Waals surface area contributed by atoms with Gasteiger partial charge in [-0.15, -0.1) is 0 Å². The molecule has 4 fully saturated rings. The first-order valence-corrected chi connectivity index (χ1v) is 17.9. The Kier molecular flexibility index (Phi) is 8.35. The highest BCUT2D eigenvalue weighted by molar-refractivity contribution is 6.01. The summed E-state index contributed by atoms with van der Waals surface area (Å²) in [5, 5.41) is 23.1. The monoisotopic (exact) mass is 673 g/mol. The molecule has 49 heavy (non-hydrogen) atoms. The average Bonchev–Trinajstić information content (AvgIpc) is 3.71. The first-order valence-electron chi connectivity index (χ1n) is 17.9. The molecule has 3 atom stereocenters. The predicted molar refractivity (Wildman–Crippen MR) is 184 cm³/mol. The maximum atomic E-state index is 16.9. The minimum Gasteiger partial charge on any atom is -0.508 e. The van der Waals surface area contributed by atoms with Crippen LogP contribution in [0.2, 0.25) is 0 Å². The highest BCUT2D eigenvalue weighted by atomic mass is 19.1. The molecule has 11 heteroatoms. The van der Waals surface area contributed by atoms with Crippen LogP contribution >= 0.6 is 0 Å². The number of pyridine rings is 1. The summed E-state index contributed by atoms with van der Waals surface area (Å²) < 4.78 is 44.5. The van der Waals surface area contributed by atoms with E-state index in [4.69, 9.17) is 14.5 Å². The topological polar surface area (TPSA) is 104 Å². The van der Waals surface area contributed by atoms with E-state index in [0.717, 1.165) is 57.8 Å². The van der Waals surface area contributed by atoms with E-state index in [1.807, 2.05) is 11.8 Å². The fourth-order valence-electron chi connectivity index (χ4n) is 8.59. The van der Waals surface area contributed by atoms with Crippen molar-refractivity contribution < 1.29 is 28.5 Å². The number of piperidine rings is 1. The summed E-state index contributed by atoms with van der Waals surface area (Å²) in [4.78, 5) is 18.6. The van der Waals surface area contributed by atoms with Gasteiger partial charge in [0.1, 0.15) is 35.2 Å². The quantitative estimate of drug-likeness (QED) is 0.194. The Morgan fingerprint density at radius 1 is 1.02 bits per heavy atom. The Balaban J connectivity index is 1.18. The highest BCUT2D eigenvalue weighted by Crippen LogP contribution is 2.44. The molecule has 0 unspecified atom stereocenters. The third-order valence-corrected chi connectivity index (χ3v) is 11.2. The molecule has 0 bridgehead atoms. The van der Waals surface area contributed by atoms with Crippen LogP contribution in [-0.4, -0.2) is 86.7 Å². The number of aliphatic hydroxyl groups is 1. The zero-order valence-electron chi connectivity index (χ0n) is 28.4. The standard InChI is InChI=1S/C38H45F2N5O4/c1-3-27-30(39)9-8-24-16-26(46)17-28(31(24)27)33-32(40)34-29(18-41-33)35(44-14-4-11-37(2,47)21-44)43-36(42-34)49-22-38-12-5-15-45(38)25(10-13-38)20-48-19-23-6-7-23/h8-9,16-18,23,25,46-47H,3-7,10-15,19-22H2,1-2H3/t25-,37+,38-/m0/s1. The molecule has 4 aliphatic rings. The molecule has 3 saturated heterocycles. The molecule has 0 spiro atoms. The largest absolute Gasteiger partial charge is 0.508 e. The number of ether oxygens (including phenoxy) is 2. The molecule has 2 aromatic heterocycles. The molecule has 2 aromatic carbocycles. The van der Waals surface area contributed by atoms with Gasteiger partial charge in [0, 0.05) is 37.5 Å². The maximum Gasteiger partial charge on any atom is 0.319 e. The number of aryl methyl sites for hydroxylation is 1. The fourth-order valence-corrected chi connectivity index (χ4v) is 8.59. The van der Waals surface area contributed by atoms with Crippen LogP contribution in [0.5, 0.6) is 11.8 Å². The summed E-state index contributed by atoms with van der Waals surface area (Å²) >= 11 is 0. The first-order chi connectivity index (χ1) is 23.6. The number of aromatic nitrogens is 3. The molecule has 4 aromatic rings. The van der Waals surface area contributed by atoms with Crippen LogP contribution in [0.4, 0.5) is 14.6 Å². The molecule has 1 saturated carbocycles. The van der Waals surface area contributed by atoms with E-state index in [0.29, 0.717) is 66.1 Å². The Morgan fingerprint density at radius 2 is 1.86 bits per heavy atom.